The molecule has 0 radical (unpaired) electrons. The van der Waals surface area contributed by atoms with Crippen molar-refractivity contribution < 1.29 is 8.42 Å². The van der Waals surface area contributed by atoms with Gasteiger partial charge in [-0.3, -0.25) is 4.90 Å². The molecule has 0 bridgehead atoms. The van der Waals surface area contributed by atoms with Crippen LogP contribution in [0, 0.1) is 11.3 Å². The van der Waals surface area contributed by atoms with Crippen molar-refractivity contribution in [2.75, 3.05) is 24.6 Å². The predicted octanol–water partition coefficient (Wildman–Crippen LogP) is 0.655. The van der Waals surface area contributed by atoms with Gasteiger partial charge in [0.25, 0.3) is 0 Å². The molecule has 0 aromatic heterocycles. The molecule has 0 N–H and O–H groups in total. The number of rotatable bonds is 6. The maximum Gasteiger partial charge on any atom is 0.151 e. The van der Waals surface area contributed by atoms with Gasteiger partial charge >= 0.3 is 0 Å². The van der Waals surface area contributed by atoms with E-state index in [4.69, 9.17) is 5.26 Å². The second kappa shape index (κ2) is 5.99. The van der Waals surface area contributed by atoms with Gasteiger partial charge in [-0.15, -0.1) is 0 Å². The molecule has 0 aliphatic carbocycles. The molecule has 0 unspecified atom stereocenters. The van der Waals surface area contributed by atoms with Crippen LogP contribution < -0.4 is 0 Å². The van der Waals surface area contributed by atoms with Gasteiger partial charge in [0.15, 0.2) is 9.84 Å². The molecule has 0 rings (SSSR count). The van der Waals surface area contributed by atoms with E-state index in [1.807, 2.05) is 24.8 Å². The molecule has 0 fully saturated rings. The molecule has 0 aromatic carbocycles. The van der Waals surface area contributed by atoms with Crippen LogP contribution in [0.1, 0.15) is 20.8 Å². The van der Waals surface area contributed by atoms with E-state index >= 15 is 0 Å². The second-order valence-corrected chi connectivity index (χ2v) is 5.93. The number of sulfone groups is 1. The molecule has 4 nitrogen and oxygen atoms in total. The lowest BCUT2D eigenvalue weighted by molar-refractivity contribution is 0.263. The SMILES string of the molecule is CCS(=O)(=O)CCN(CC#N)C(C)C. The highest BCUT2D eigenvalue weighted by Gasteiger charge is 2.13. The summed E-state index contributed by atoms with van der Waals surface area (Å²) in [4.78, 5) is 1.85. The normalized spacial score (nSPS) is 12.0. The Kier molecular flexibility index (Phi) is 5.73. The van der Waals surface area contributed by atoms with Crippen molar-refractivity contribution in [1.29, 1.82) is 5.26 Å². The Morgan fingerprint density at radius 3 is 2.36 bits per heavy atom. The summed E-state index contributed by atoms with van der Waals surface area (Å²) in [7, 11) is -2.92. The molecule has 0 amide bonds. The van der Waals surface area contributed by atoms with E-state index in [-0.39, 0.29) is 24.1 Å². The maximum absolute atomic E-state index is 11.2. The van der Waals surface area contributed by atoms with Gasteiger partial charge in [-0.2, -0.15) is 5.26 Å². The summed E-state index contributed by atoms with van der Waals surface area (Å²) in [6, 6.07) is 2.24. The van der Waals surface area contributed by atoms with E-state index in [0.717, 1.165) is 0 Å². The van der Waals surface area contributed by atoms with Crippen LogP contribution in [0.3, 0.4) is 0 Å². The zero-order valence-corrected chi connectivity index (χ0v) is 9.84. The Bertz CT molecular complexity index is 290. The first-order chi connectivity index (χ1) is 6.43. The highest BCUT2D eigenvalue weighted by atomic mass is 32.2. The van der Waals surface area contributed by atoms with E-state index in [0.29, 0.717) is 6.54 Å². The summed E-state index contributed by atoms with van der Waals surface area (Å²) >= 11 is 0. The molecule has 0 spiro atoms. The van der Waals surface area contributed by atoms with Crippen molar-refractivity contribution in [3.8, 4) is 6.07 Å². The van der Waals surface area contributed by atoms with Crippen LogP contribution >= 0.6 is 0 Å². The summed E-state index contributed by atoms with van der Waals surface area (Å²) in [6.45, 7) is 6.28. The fourth-order valence-electron chi connectivity index (χ4n) is 1.01. The average molecular weight is 218 g/mol. The monoisotopic (exact) mass is 218 g/mol. The molecule has 14 heavy (non-hydrogen) atoms. The first kappa shape index (κ1) is 13.4. The highest BCUT2D eigenvalue weighted by molar-refractivity contribution is 7.91. The predicted molar refractivity (Wildman–Crippen MR) is 56.6 cm³/mol. The number of hydrogen-bond acceptors (Lipinski definition) is 4. The first-order valence-corrected chi connectivity index (χ1v) is 6.56. The van der Waals surface area contributed by atoms with Gasteiger partial charge in [0.1, 0.15) is 0 Å². The Morgan fingerprint density at radius 1 is 1.43 bits per heavy atom. The number of hydrogen-bond donors (Lipinski definition) is 0. The quantitative estimate of drug-likeness (QED) is 0.614. The zero-order valence-electron chi connectivity index (χ0n) is 9.02. The summed E-state index contributed by atoms with van der Waals surface area (Å²) < 4.78 is 22.4. The summed E-state index contributed by atoms with van der Waals surface area (Å²) in [5, 5.41) is 8.53. The van der Waals surface area contributed by atoms with E-state index in [1.54, 1.807) is 6.92 Å². The van der Waals surface area contributed by atoms with Crippen LogP contribution in [-0.4, -0.2) is 44.0 Å². The smallest absolute Gasteiger partial charge is 0.151 e. The van der Waals surface area contributed by atoms with Gasteiger partial charge in [0, 0.05) is 18.3 Å². The van der Waals surface area contributed by atoms with Crippen LogP contribution in [0.2, 0.25) is 0 Å². The molecular formula is C9H18N2O2S. The van der Waals surface area contributed by atoms with Gasteiger partial charge in [0.2, 0.25) is 0 Å². The third-order valence-electron chi connectivity index (χ3n) is 2.13. The first-order valence-electron chi connectivity index (χ1n) is 4.74. The Morgan fingerprint density at radius 2 is 2.00 bits per heavy atom. The number of nitrogens with zero attached hydrogens (tertiary/aromatic N) is 2. The highest BCUT2D eigenvalue weighted by Crippen LogP contribution is 1.99. The van der Waals surface area contributed by atoms with Crippen LogP contribution in [0.25, 0.3) is 0 Å². The third-order valence-corrected chi connectivity index (χ3v) is 3.82. The van der Waals surface area contributed by atoms with Gasteiger partial charge in [-0.25, -0.2) is 8.42 Å². The van der Waals surface area contributed by atoms with Crippen molar-refractivity contribution in [2.24, 2.45) is 0 Å². The molecule has 82 valence electrons. The van der Waals surface area contributed by atoms with Crippen LogP contribution in [0.4, 0.5) is 0 Å². The Hall–Kier alpha value is -0.600. The molecule has 0 saturated heterocycles. The molecule has 5 heteroatoms. The van der Waals surface area contributed by atoms with E-state index < -0.39 is 9.84 Å². The topological polar surface area (TPSA) is 61.2 Å². The maximum atomic E-state index is 11.2. The van der Waals surface area contributed by atoms with E-state index in [9.17, 15) is 8.42 Å². The van der Waals surface area contributed by atoms with Crippen molar-refractivity contribution in [2.45, 2.75) is 26.8 Å². The Balaban J connectivity index is 4.15. The van der Waals surface area contributed by atoms with E-state index in [2.05, 4.69) is 0 Å². The van der Waals surface area contributed by atoms with Crippen molar-refractivity contribution in [1.82, 2.24) is 4.90 Å². The zero-order chi connectivity index (χ0) is 11.2. The lowest BCUT2D eigenvalue weighted by atomic mass is 10.3. The molecular weight excluding hydrogens is 200 g/mol. The Labute approximate surface area is 86.4 Å². The van der Waals surface area contributed by atoms with Gasteiger partial charge in [-0.05, 0) is 13.8 Å². The number of nitriles is 1. The molecule has 0 atom stereocenters. The standard InChI is InChI=1S/C9H18N2O2S/c1-4-14(12,13)8-7-11(6-5-10)9(2)3/h9H,4,6-8H2,1-3H3. The minimum absolute atomic E-state index is 0.142. The molecule has 0 aromatic rings. The van der Waals surface area contributed by atoms with Crippen molar-refractivity contribution in [3.63, 3.8) is 0 Å². The lowest BCUT2D eigenvalue weighted by Crippen LogP contribution is -2.35. The fourth-order valence-corrected chi connectivity index (χ4v) is 1.81. The lowest BCUT2D eigenvalue weighted by Gasteiger charge is -2.22. The van der Waals surface area contributed by atoms with Crippen molar-refractivity contribution in [3.05, 3.63) is 0 Å². The third kappa shape index (κ3) is 5.20. The summed E-state index contributed by atoms with van der Waals surface area (Å²) in [5.74, 6) is 0.314. The van der Waals surface area contributed by atoms with Crippen LogP contribution in [-0.2, 0) is 9.84 Å². The molecule has 0 aliphatic rings. The van der Waals surface area contributed by atoms with Crippen LogP contribution in [0.15, 0.2) is 0 Å². The summed E-state index contributed by atoms with van der Waals surface area (Å²) in [6.07, 6.45) is 0. The van der Waals surface area contributed by atoms with E-state index in [1.165, 1.54) is 0 Å². The van der Waals surface area contributed by atoms with Gasteiger partial charge in [0.05, 0.1) is 18.4 Å². The average Bonchev–Trinajstić information content (AvgIpc) is 2.12. The van der Waals surface area contributed by atoms with Crippen LogP contribution in [0.5, 0.6) is 0 Å². The molecule has 0 heterocycles. The van der Waals surface area contributed by atoms with Gasteiger partial charge in [-0.1, -0.05) is 6.92 Å². The minimum atomic E-state index is -2.92. The molecule has 0 saturated carbocycles. The van der Waals surface area contributed by atoms with Crippen molar-refractivity contribution >= 4 is 9.84 Å². The van der Waals surface area contributed by atoms with Gasteiger partial charge < -0.3 is 0 Å². The largest absolute Gasteiger partial charge is 0.287 e. The minimum Gasteiger partial charge on any atom is -0.287 e. The fraction of sp³-hybridized carbons (Fsp3) is 0.889. The molecule has 0 aliphatic heterocycles. The second-order valence-electron chi connectivity index (χ2n) is 3.46. The summed E-state index contributed by atoms with van der Waals surface area (Å²) in [5.41, 5.74) is 0.